The molecule has 0 atom stereocenters. The van der Waals surface area contributed by atoms with Gasteiger partial charge in [0.1, 0.15) is 5.69 Å². The second-order valence-corrected chi connectivity index (χ2v) is 5.90. The average Bonchev–Trinajstić information content (AvgIpc) is 3.25. The minimum absolute atomic E-state index is 0.117. The summed E-state index contributed by atoms with van der Waals surface area (Å²) >= 11 is 1.49. The Bertz CT molecular complexity index is 968. The Balaban J connectivity index is 1.99. The summed E-state index contributed by atoms with van der Waals surface area (Å²) in [4.78, 5) is 16.7. The molecule has 0 fully saturated rings. The van der Waals surface area contributed by atoms with Crippen LogP contribution in [0.5, 0.6) is 0 Å². The van der Waals surface area contributed by atoms with Crippen molar-refractivity contribution >= 4 is 22.3 Å². The topological polar surface area (TPSA) is 67.7 Å². The van der Waals surface area contributed by atoms with Crippen molar-refractivity contribution in [2.45, 2.75) is 6.42 Å². The number of benzene rings is 1. The average molecular weight is 324 g/mol. The Morgan fingerprint density at radius 3 is 2.74 bits per heavy atom. The molecule has 4 rings (SSSR count). The number of hydrogen-bond acceptors (Lipinski definition) is 4. The molecule has 0 saturated heterocycles. The number of aliphatic carboxylic acids is 1. The SMILES string of the molecule is O=C(O)Cc1c(-c2ccco2)nc2scc(-c3ccccc3)n12. The van der Waals surface area contributed by atoms with E-state index in [0.29, 0.717) is 17.1 Å². The van der Waals surface area contributed by atoms with Crippen molar-refractivity contribution in [2.24, 2.45) is 0 Å². The number of carbonyl (C=O) groups is 1. The van der Waals surface area contributed by atoms with Gasteiger partial charge in [0.05, 0.1) is 24.1 Å². The van der Waals surface area contributed by atoms with E-state index >= 15 is 0 Å². The summed E-state index contributed by atoms with van der Waals surface area (Å²) < 4.78 is 7.33. The van der Waals surface area contributed by atoms with Crippen LogP contribution in [0.1, 0.15) is 5.69 Å². The quantitative estimate of drug-likeness (QED) is 0.617. The number of carboxylic acid groups (broad SMARTS) is 1. The zero-order valence-corrected chi connectivity index (χ0v) is 12.8. The largest absolute Gasteiger partial charge is 0.481 e. The monoisotopic (exact) mass is 324 g/mol. The van der Waals surface area contributed by atoms with Gasteiger partial charge < -0.3 is 9.52 Å². The Labute approximate surface area is 135 Å². The zero-order chi connectivity index (χ0) is 15.8. The lowest BCUT2D eigenvalue weighted by Gasteiger charge is -2.04. The number of nitrogens with zero attached hydrogens (tertiary/aromatic N) is 2. The highest BCUT2D eigenvalue weighted by Crippen LogP contribution is 2.33. The second kappa shape index (κ2) is 5.40. The van der Waals surface area contributed by atoms with Crippen molar-refractivity contribution in [3.63, 3.8) is 0 Å². The molecule has 114 valence electrons. The maximum Gasteiger partial charge on any atom is 0.309 e. The highest BCUT2D eigenvalue weighted by molar-refractivity contribution is 7.15. The van der Waals surface area contributed by atoms with E-state index in [9.17, 15) is 9.90 Å². The molecule has 0 aliphatic rings. The summed E-state index contributed by atoms with van der Waals surface area (Å²) in [6.07, 6.45) is 1.44. The number of carboxylic acids is 1. The van der Waals surface area contributed by atoms with Crippen LogP contribution in [0.4, 0.5) is 0 Å². The van der Waals surface area contributed by atoms with Gasteiger partial charge in [0.2, 0.25) is 0 Å². The smallest absolute Gasteiger partial charge is 0.309 e. The molecule has 5 nitrogen and oxygen atoms in total. The number of hydrogen-bond donors (Lipinski definition) is 1. The Morgan fingerprint density at radius 1 is 1.22 bits per heavy atom. The van der Waals surface area contributed by atoms with Crippen LogP contribution in [0.25, 0.3) is 27.7 Å². The van der Waals surface area contributed by atoms with E-state index in [1.54, 1.807) is 18.4 Å². The van der Waals surface area contributed by atoms with Gasteiger partial charge in [-0.1, -0.05) is 30.3 Å². The van der Waals surface area contributed by atoms with E-state index in [-0.39, 0.29) is 6.42 Å². The van der Waals surface area contributed by atoms with E-state index in [0.717, 1.165) is 16.2 Å². The summed E-state index contributed by atoms with van der Waals surface area (Å²) in [5.74, 6) is -0.319. The first-order valence-corrected chi connectivity index (χ1v) is 7.92. The molecule has 1 N–H and O–H groups in total. The lowest BCUT2D eigenvalue weighted by molar-refractivity contribution is -0.136. The highest BCUT2D eigenvalue weighted by Gasteiger charge is 2.22. The summed E-state index contributed by atoms with van der Waals surface area (Å²) in [6.45, 7) is 0. The van der Waals surface area contributed by atoms with Crippen molar-refractivity contribution in [2.75, 3.05) is 0 Å². The molecule has 0 saturated carbocycles. The zero-order valence-electron chi connectivity index (χ0n) is 12.0. The standard InChI is InChI=1S/C17H12N2O3S/c20-15(21)9-12-16(14-7-4-8-22-14)18-17-19(12)13(10-23-17)11-5-2-1-3-6-11/h1-8,10H,9H2,(H,20,21). The van der Waals surface area contributed by atoms with Gasteiger partial charge in [0.25, 0.3) is 0 Å². The van der Waals surface area contributed by atoms with Crippen LogP contribution in [-0.2, 0) is 11.2 Å². The van der Waals surface area contributed by atoms with Gasteiger partial charge in [-0.25, -0.2) is 4.98 Å². The predicted octanol–water partition coefficient (Wildman–Crippen LogP) is 3.95. The van der Waals surface area contributed by atoms with E-state index in [1.165, 1.54) is 11.3 Å². The highest BCUT2D eigenvalue weighted by atomic mass is 32.1. The second-order valence-electron chi connectivity index (χ2n) is 5.06. The number of thiazole rings is 1. The van der Waals surface area contributed by atoms with Crippen LogP contribution in [0.3, 0.4) is 0 Å². The maximum atomic E-state index is 11.3. The van der Waals surface area contributed by atoms with Crippen LogP contribution in [0.15, 0.2) is 58.5 Å². The Kier molecular flexibility index (Phi) is 3.24. The van der Waals surface area contributed by atoms with Crippen molar-refractivity contribution in [3.8, 4) is 22.7 Å². The molecule has 0 amide bonds. The molecule has 0 aliphatic carbocycles. The van der Waals surface area contributed by atoms with Crippen LogP contribution < -0.4 is 0 Å². The third-order valence-corrected chi connectivity index (χ3v) is 4.43. The summed E-state index contributed by atoms with van der Waals surface area (Å²) in [5, 5.41) is 11.3. The van der Waals surface area contributed by atoms with Gasteiger partial charge in [0, 0.05) is 5.38 Å². The molecule has 23 heavy (non-hydrogen) atoms. The van der Waals surface area contributed by atoms with E-state index in [4.69, 9.17) is 4.42 Å². The fourth-order valence-electron chi connectivity index (χ4n) is 2.64. The van der Waals surface area contributed by atoms with Crippen LogP contribution in [-0.4, -0.2) is 20.5 Å². The number of fused-ring (bicyclic) bond motifs is 1. The van der Waals surface area contributed by atoms with Gasteiger partial charge in [-0.2, -0.15) is 0 Å². The normalized spacial score (nSPS) is 11.1. The lowest BCUT2D eigenvalue weighted by Crippen LogP contribution is -2.05. The molecular formula is C17H12N2O3S. The third kappa shape index (κ3) is 2.33. The van der Waals surface area contributed by atoms with Crippen molar-refractivity contribution < 1.29 is 14.3 Å². The number of imidazole rings is 1. The molecule has 0 unspecified atom stereocenters. The Morgan fingerprint density at radius 2 is 2.04 bits per heavy atom. The van der Waals surface area contributed by atoms with Gasteiger partial charge in [0.15, 0.2) is 10.7 Å². The molecule has 6 heteroatoms. The van der Waals surface area contributed by atoms with E-state index < -0.39 is 5.97 Å². The predicted molar refractivity (Wildman–Crippen MR) is 87.5 cm³/mol. The number of rotatable bonds is 4. The fraction of sp³-hybridized carbons (Fsp3) is 0.0588. The summed E-state index contributed by atoms with van der Waals surface area (Å²) in [5.41, 5.74) is 3.17. The van der Waals surface area contributed by atoms with Crippen LogP contribution in [0.2, 0.25) is 0 Å². The molecular weight excluding hydrogens is 312 g/mol. The molecule has 0 radical (unpaired) electrons. The molecule has 4 aromatic rings. The minimum Gasteiger partial charge on any atom is -0.481 e. The van der Waals surface area contributed by atoms with Crippen LogP contribution >= 0.6 is 11.3 Å². The number of aromatic nitrogens is 2. The third-order valence-electron chi connectivity index (χ3n) is 3.60. The fourth-order valence-corrected chi connectivity index (χ4v) is 3.56. The first kappa shape index (κ1) is 13.8. The summed E-state index contributed by atoms with van der Waals surface area (Å²) in [7, 11) is 0. The Hall–Kier alpha value is -2.86. The molecule has 0 spiro atoms. The van der Waals surface area contributed by atoms with Gasteiger partial charge in [-0.3, -0.25) is 9.20 Å². The van der Waals surface area contributed by atoms with Gasteiger partial charge >= 0.3 is 5.97 Å². The van der Waals surface area contributed by atoms with E-state index in [2.05, 4.69) is 4.98 Å². The molecule has 3 heterocycles. The van der Waals surface area contributed by atoms with Gasteiger partial charge in [-0.15, -0.1) is 11.3 Å². The first-order valence-electron chi connectivity index (χ1n) is 7.04. The molecule has 0 bridgehead atoms. The maximum absolute atomic E-state index is 11.3. The van der Waals surface area contributed by atoms with E-state index in [1.807, 2.05) is 40.1 Å². The van der Waals surface area contributed by atoms with Crippen molar-refractivity contribution in [1.82, 2.24) is 9.38 Å². The lowest BCUT2D eigenvalue weighted by atomic mass is 10.1. The molecule has 3 aromatic heterocycles. The van der Waals surface area contributed by atoms with Crippen molar-refractivity contribution in [3.05, 3.63) is 59.8 Å². The molecule has 0 aliphatic heterocycles. The molecule has 1 aromatic carbocycles. The first-order chi connectivity index (χ1) is 11.2. The van der Waals surface area contributed by atoms with Crippen molar-refractivity contribution in [1.29, 1.82) is 0 Å². The number of furan rings is 1. The summed E-state index contributed by atoms with van der Waals surface area (Å²) in [6, 6.07) is 13.4. The van der Waals surface area contributed by atoms with Gasteiger partial charge in [-0.05, 0) is 17.7 Å². The van der Waals surface area contributed by atoms with Crippen LogP contribution in [0, 0.1) is 0 Å². The minimum atomic E-state index is -0.898.